The Balaban J connectivity index is 2.10. The van der Waals surface area contributed by atoms with E-state index in [2.05, 4.69) is 17.0 Å². The molecule has 4 nitrogen and oxygen atoms in total. The molecule has 0 saturated heterocycles. The SMILES string of the molecule is CCc1sc(C(=O)Nc2ccc(C(=O)OC)cc2)cc1C. The van der Waals surface area contributed by atoms with E-state index in [1.54, 1.807) is 24.3 Å². The van der Waals surface area contributed by atoms with Gasteiger partial charge in [0.1, 0.15) is 0 Å². The first-order chi connectivity index (χ1) is 10.0. The van der Waals surface area contributed by atoms with E-state index in [0.717, 1.165) is 12.0 Å². The van der Waals surface area contributed by atoms with E-state index in [1.165, 1.54) is 23.3 Å². The van der Waals surface area contributed by atoms with Gasteiger partial charge in [0.15, 0.2) is 0 Å². The number of nitrogens with one attached hydrogen (secondary N) is 1. The highest BCUT2D eigenvalue weighted by Gasteiger charge is 2.12. The fraction of sp³-hybridized carbons (Fsp3) is 0.250. The summed E-state index contributed by atoms with van der Waals surface area (Å²) in [6.45, 7) is 4.09. The highest BCUT2D eigenvalue weighted by Crippen LogP contribution is 2.23. The Morgan fingerprint density at radius 2 is 1.90 bits per heavy atom. The van der Waals surface area contributed by atoms with Gasteiger partial charge in [0.05, 0.1) is 17.6 Å². The monoisotopic (exact) mass is 303 g/mol. The van der Waals surface area contributed by atoms with E-state index in [-0.39, 0.29) is 5.91 Å². The predicted molar refractivity (Wildman–Crippen MR) is 84.2 cm³/mol. The third-order valence-electron chi connectivity index (χ3n) is 3.13. The molecule has 0 spiro atoms. The Morgan fingerprint density at radius 1 is 1.24 bits per heavy atom. The van der Waals surface area contributed by atoms with Gasteiger partial charge in [-0.1, -0.05) is 6.92 Å². The van der Waals surface area contributed by atoms with Crippen molar-refractivity contribution >= 4 is 28.9 Å². The van der Waals surface area contributed by atoms with Gasteiger partial charge in [0, 0.05) is 10.6 Å². The Labute approximate surface area is 127 Å². The molecule has 0 atom stereocenters. The van der Waals surface area contributed by atoms with Crippen molar-refractivity contribution in [3.05, 3.63) is 51.2 Å². The zero-order valence-electron chi connectivity index (χ0n) is 12.2. The van der Waals surface area contributed by atoms with Crippen LogP contribution in [-0.4, -0.2) is 19.0 Å². The smallest absolute Gasteiger partial charge is 0.337 e. The molecule has 0 bridgehead atoms. The number of hydrogen-bond acceptors (Lipinski definition) is 4. The Hall–Kier alpha value is -2.14. The van der Waals surface area contributed by atoms with Gasteiger partial charge in [-0.3, -0.25) is 4.79 Å². The number of amides is 1. The first-order valence-electron chi connectivity index (χ1n) is 6.64. The van der Waals surface area contributed by atoms with E-state index in [9.17, 15) is 9.59 Å². The largest absolute Gasteiger partial charge is 0.465 e. The molecule has 0 saturated carbocycles. The van der Waals surface area contributed by atoms with Crippen LogP contribution in [0, 0.1) is 6.92 Å². The standard InChI is InChI=1S/C16H17NO3S/c1-4-13-10(2)9-14(21-13)15(18)17-12-7-5-11(6-8-12)16(19)20-3/h5-9H,4H2,1-3H3,(H,17,18). The summed E-state index contributed by atoms with van der Waals surface area (Å²) in [5.41, 5.74) is 2.25. The lowest BCUT2D eigenvalue weighted by molar-refractivity contribution is 0.0600. The van der Waals surface area contributed by atoms with Crippen LogP contribution in [-0.2, 0) is 11.2 Å². The number of ether oxygens (including phenoxy) is 1. The van der Waals surface area contributed by atoms with E-state index in [4.69, 9.17) is 0 Å². The number of aryl methyl sites for hydroxylation is 2. The van der Waals surface area contributed by atoms with Crippen molar-refractivity contribution < 1.29 is 14.3 Å². The number of rotatable bonds is 4. The van der Waals surface area contributed by atoms with E-state index < -0.39 is 5.97 Å². The first-order valence-corrected chi connectivity index (χ1v) is 7.45. The quantitative estimate of drug-likeness (QED) is 0.877. The van der Waals surface area contributed by atoms with Crippen LogP contribution in [0.25, 0.3) is 0 Å². The molecule has 21 heavy (non-hydrogen) atoms. The molecule has 1 heterocycles. The molecule has 1 N–H and O–H groups in total. The van der Waals surface area contributed by atoms with Gasteiger partial charge in [0.2, 0.25) is 0 Å². The molecular formula is C16H17NO3S. The Kier molecular flexibility index (Phi) is 4.75. The van der Waals surface area contributed by atoms with Gasteiger partial charge in [0.25, 0.3) is 5.91 Å². The molecule has 110 valence electrons. The summed E-state index contributed by atoms with van der Waals surface area (Å²) in [4.78, 5) is 25.4. The lowest BCUT2D eigenvalue weighted by Crippen LogP contribution is -2.10. The maximum atomic E-state index is 12.2. The molecule has 2 aromatic rings. The highest BCUT2D eigenvalue weighted by molar-refractivity contribution is 7.14. The number of hydrogen-bond donors (Lipinski definition) is 1. The molecule has 1 aromatic heterocycles. The number of esters is 1. The van der Waals surface area contributed by atoms with Gasteiger partial charge in [-0.2, -0.15) is 0 Å². The molecule has 1 amide bonds. The Bertz CT molecular complexity index is 659. The Morgan fingerprint density at radius 3 is 2.43 bits per heavy atom. The maximum absolute atomic E-state index is 12.2. The third kappa shape index (κ3) is 3.49. The highest BCUT2D eigenvalue weighted by atomic mass is 32.1. The molecule has 0 fully saturated rings. The maximum Gasteiger partial charge on any atom is 0.337 e. The fourth-order valence-electron chi connectivity index (χ4n) is 1.98. The number of carbonyl (C=O) groups is 2. The van der Waals surface area contributed by atoms with Gasteiger partial charge in [-0.05, 0) is 49.2 Å². The van der Waals surface area contributed by atoms with Crippen LogP contribution in [0.15, 0.2) is 30.3 Å². The van der Waals surface area contributed by atoms with E-state index in [0.29, 0.717) is 16.1 Å². The van der Waals surface area contributed by atoms with Gasteiger partial charge in [-0.25, -0.2) is 4.79 Å². The zero-order valence-corrected chi connectivity index (χ0v) is 13.0. The molecule has 0 unspecified atom stereocenters. The summed E-state index contributed by atoms with van der Waals surface area (Å²) in [6.07, 6.45) is 0.928. The summed E-state index contributed by atoms with van der Waals surface area (Å²) in [6, 6.07) is 8.52. The minimum absolute atomic E-state index is 0.131. The van der Waals surface area contributed by atoms with Crippen LogP contribution in [0.5, 0.6) is 0 Å². The number of methoxy groups -OCH3 is 1. The molecular weight excluding hydrogens is 286 g/mol. The molecule has 0 aliphatic carbocycles. The normalized spacial score (nSPS) is 10.2. The van der Waals surface area contributed by atoms with Crippen LogP contribution in [0.3, 0.4) is 0 Å². The summed E-state index contributed by atoms with van der Waals surface area (Å²) < 4.78 is 4.63. The topological polar surface area (TPSA) is 55.4 Å². The first kappa shape index (κ1) is 15.3. The van der Waals surface area contributed by atoms with Crippen molar-refractivity contribution in [1.82, 2.24) is 0 Å². The van der Waals surface area contributed by atoms with Crippen molar-refractivity contribution in [3.8, 4) is 0 Å². The van der Waals surface area contributed by atoms with Crippen molar-refractivity contribution in [3.63, 3.8) is 0 Å². The van der Waals surface area contributed by atoms with Crippen molar-refractivity contribution in [2.24, 2.45) is 0 Å². The summed E-state index contributed by atoms with van der Waals surface area (Å²) in [5.74, 6) is -0.525. The van der Waals surface area contributed by atoms with Crippen molar-refractivity contribution in [1.29, 1.82) is 0 Å². The van der Waals surface area contributed by atoms with Crippen LogP contribution < -0.4 is 5.32 Å². The summed E-state index contributed by atoms with van der Waals surface area (Å²) in [5, 5.41) is 2.83. The molecule has 0 radical (unpaired) electrons. The number of benzene rings is 1. The van der Waals surface area contributed by atoms with E-state index in [1.807, 2.05) is 13.0 Å². The predicted octanol–water partition coefficient (Wildman–Crippen LogP) is 3.66. The summed E-state index contributed by atoms with van der Waals surface area (Å²) in [7, 11) is 1.34. The van der Waals surface area contributed by atoms with Crippen LogP contribution in [0.4, 0.5) is 5.69 Å². The number of thiophene rings is 1. The van der Waals surface area contributed by atoms with Crippen molar-refractivity contribution in [2.75, 3.05) is 12.4 Å². The number of anilines is 1. The van der Waals surface area contributed by atoms with Crippen LogP contribution in [0.1, 0.15) is 37.4 Å². The molecule has 0 aliphatic heterocycles. The van der Waals surface area contributed by atoms with Crippen LogP contribution >= 0.6 is 11.3 Å². The molecule has 0 aliphatic rings. The fourth-order valence-corrected chi connectivity index (χ4v) is 2.99. The second-order valence-corrected chi connectivity index (χ2v) is 5.73. The summed E-state index contributed by atoms with van der Waals surface area (Å²) >= 11 is 1.51. The average Bonchev–Trinajstić information content (AvgIpc) is 2.88. The number of carbonyl (C=O) groups excluding carboxylic acids is 2. The van der Waals surface area contributed by atoms with Gasteiger partial charge in [-0.15, -0.1) is 11.3 Å². The molecule has 2 rings (SSSR count). The minimum atomic E-state index is -0.394. The van der Waals surface area contributed by atoms with Gasteiger partial charge < -0.3 is 10.1 Å². The van der Waals surface area contributed by atoms with E-state index >= 15 is 0 Å². The molecule has 5 heteroatoms. The second-order valence-electron chi connectivity index (χ2n) is 4.59. The zero-order chi connectivity index (χ0) is 15.4. The van der Waals surface area contributed by atoms with Gasteiger partial charge >= 0.3 is 5.97 Å². The lowest BCUT2D eigenvalue weighted by Gasteiger charge is -2.04. The van der Waals surface area contributed by atoms with Crippen LogP contribution in [0.2, 0.25) is 0 Å². The second kappa shape index (κ2) is 6.54. The third-order valence-corrected chi connectivity index (χ3v) is 4.51. The average molecular weight is 303 g/mol. The van der Waals surface area contributed by atoms with Crippen molar-refractivity contribution in [2.45, 2.75) is 20.3 Å². The molecule has 1 aromatic carbocycles. The minimum Gasteiger partial charge on any atom is -0.465 e. The lowest BCUT2D eigenvalue weighted by atomic mass is 10.2.